The van der Waals surface area contributed by atoms with E-state index in [-0.39, 0.29) is 5.41 Å². The van der Waals surface area contributed by atoms with Gasteiger partial charge in [-0.05, 0) is 41.8 Å². The number of phenolic OH excluding ortho intramolecular Hbond substituents is 1. The zero-order chi connectivity index (χ0) is 14.6. The van der Waals surface area contributed by atoms with Crippen molar-refractivity contribution in [2.45, 2.75) is 11.8 Å². The molecule has 0 atom stereocenters. The second-order valence-electron chi connectivity index (χ2n) is 4.90. The van der Waals surface area contributed by atoms with Crippen molar-refractivity contribution in [3.05, 3.63) is 64.1 Å². The van der Waals surface area contributed by atoms with Crippen LogP contribution in [0.4, 0.5) is 0 Å². The Bertz CT molecular complexity index is 579. The van der Waals surface area contributed by atoms with Crippen molar-refractivity contribution in [2.75, 3.05) is 10.7 Å². The van der Waals surface area contributed by atoms with Crippen molar-refractivity contribution >= 4 is 47.8 Å². The summed E-state index contributed by atoms with van der Waals surface area (Å²) in [5.41, 5.74) is 2.35. The number of aromatic hydroxyl groups is 1. The van der Waals surface area contributed by atoms with E-state index >= 15 is 0 Å². The number of hydrogen-bond acceptors (Lipinski definition) is 1. The van der Waals surface area contributed by atoms with Crippen LogP contribution in [-0.4, -0.2) is 15.8 Å². The monoisotopic (exact) mass is 460 g/mol. The summed E-state index contributed by atoms with van der Waals surface area (Å²) in [5.74, 6) is 0.315. The Balaban J connectivity index is 2.39. The molecule has 2 aromatic carbocycles. The summed E-state index contributed by atoms with van der Waals surface area (Å²) in [6.45, 7) is 0. The molecule has 2 aromatic rings. The molecule has 0 radical (unpaired) electrons. The summed E-state index contributed by atoms with van der Waals surface area (Å²) in [4.78, 5) is 0. The van der Waals surface area contributed by atoms with E-state index in [1.54, 1.807) is 6.07 Å². The van der Waals surface area contributed by atoms with Gasteiger partial charge < -0.3 is 5.11 Å². The molecule has 1 nitrogen and oxygen atoms in total. The van der Waals surface area contributed by atoms with Crippen LogP contribution in [0.5, 0.6) is 5.75 Å². The van der Waals surface area contributed by atoms with Gasteiger partial charge in [-0.15, -0.1) is 0 Å². The molecule has 1 N–H and O–H groups in total. The van der Waals surface area contributed by atoms with Gasteiger partial charge in [-0.3, -0.25) is 0 Å². The molecule has 0 aromatic heterocycles. The van der Waals surface area contributed by atoms with Crippen molar-refractivity contribution in [2.24, 2.45) is 0 Å². The Morgan fingerprint density at radius 2 is 1.65 bits per heavy atom. The van der Waals surface area contributed by atoms with Crippen LogP contribution < -0.4 is 0 Å². The standard InChI is InChI=1S/C16H15Br3O/c17-10-16(11-18,13-4-2-5-14(19)8-13)9-12-3-1-6-15(20)7-12/h1-8,20H,9-11H2. The third-order valence-corrected chi connectivity index (χ3v) is 6.04. The lowest BCUT2D eigenvalue weighted by atomic mass is 9.79. The van der Waals surface area contributed by atoms with Gasteiger partial charge >= 0.3 is 0 Å². The summed E-state index contributed by atoms with van der Waals surface area (Å²) in [7, 11) is 0. The van der Waals surface area contributed by atoms with Crippen molar-refractivity contribution in [3.8, 4) is 5.75 Å². The molecule has 4 heteroatoms. The minimum atomic E-state index is -0.0441. The van der Waals surface area contributed by atoms with Gasteiger partial charge in [0.15, 0.2) is 0 Å². The second-order valence-corrected chi connectivity index (χ2v) is 6.94. The van der Waals surface area contributed by atoms with Crippen molar-refractivity contribution in [3.63, 3.8) is 0 Å². The minimum Gasteiger partial charge on any atom is -0.508 e. The highest BCUT2D eigenvalue weighted by Crippen LogP contribution is 2.34. The molecule has 2 rings (SSSR count). The topological polar surface area (TPSA) is 20.2 Å². The van der Waals surface area contributed by atoms with Gasteiger partial charge in [-0.1, -0.05) is 72.1 Å². The van der Waals surface area contributed by atoms with Crippen LogP contribution in [0.1, 0.15) is 11.1 Å². The molecule has 0 saturated heterocycles. The lowest BCUT2D eigenvalue weighted by molar-refractivity contribution is 0.472. The maximum Gasteiger partial charge on any atom is 0.115 e. The van der Waals surface area contributed by atoms with Crippen LogP contribution in [0.2, 0.25) is 0 Å². The number of phenols is 1. The first kappa shape index (κ1) is 16.1. The van der Waals surface area contributed by atoms with E-state index in [0.29, 0.717) is 5.75 Å². The fraction of sp³-hybridized carbons (Fsp3) is 0.250. The molecule has 106 valence electrons. The smallest absolute Gasteiger partial charge is 0.115 e. The van der Waals surface area contributed by atoms with Crippen molar-refractivity contribution in [1.29, 1.82) is 0 Å². The zero-order valence-electron chi connectivity index (χ0n) is 10.8. The molecule has 0 bridgehead atoms. The first-order valence-electron chi connectivity index (χ1n) is 6.25. The van der Waals surface area contributed by atoms with Crippen LogP contribution in [0.3, 0.4) is 0 Å². The Hall–Kier alpha value is -0.320. The first-order valence-corrected chi connectivity index (χ1v) is 9.29. The van der Waals surface area contributed by atoms with E-state index in [9.17, 15) is 5.11 Å². The number of benzene rings is 2. The fourth-order valence-electron chi connectivity index (χ4n) is 2.26. The number of alkyl halides is 2. The largest absolute Gasteiger partial charge is 0.508 e. The Morgan fingerprint density at radius 3 is 2.25 bits per heavy atom. The average molecular weight is 463 g/mol. The summed E-state index contributed by atoms with van der Waals surface area (Å²) < 4.78 is 1.08. The first-order chi connectivity index (χ1) is 9.59. The minimum absolute atomic E-state index is 0.0441. The Kier molecular flexibility index (Phi) is 5.70. The van der Waals surface area contributed by atoms with Gasteiger partial charge in [0.1, 0.15) is 5.75 Å². The maximum atomic E-state index is 9.64. The van der Waals surface area contributed by atoms with E-state index in [1.807, 2.05) is 18.2 Å². The predicted octanol–water partition coefficient (Wildman–Crippen LogP) is 5.43. The predicted molar refractivity (Wildman–Crippen MR) is 95.2 cm³/mol. The van der Waals surface area contributed by atoms with E-state index < -0.39 is 0 Å². The SMILES string of the molecule is Oc1cccc(CC(CBr)(CBr)c2cccc(Br)c2)c1. The van der Waals surface area contributed by atoms with Gasteiger partial charge in [0, 0.05) is 20.5 Å². The van der Waals surface area contributed by atoms with Crippen LogP contribution in [0.25, 0.3) is 0 Å². The molecule has 0 aliphatic rings. The molecule has 20 heavy (non-hydrogen) atoms. The normalized spacial score (nSPS) is 11.6. The van der Waals surface area contributed by atoms with Gasteiger partial charge in [0.25, 0.3) is 0 Å². The molecule has 0 amide bonds. The highest BCUT2D eigenvalue weighted by atomic mass is 79.9. The van der Waals surface area contributed by atoms with Crippen LogP contribution >= 0.6 is 47.8 Å². The van der Waals surface area contributed by atoms with Crippen molar-refractivity contribution < 1.29 is 5.11 Å². The lowest BCUT2D eigenvalue weighted by Crippen LogP contribution is -2.33. The van der Waals surface area contributed by atoms with Crippen molar-refractivity contribution in [1.82, 2.24) is 0 Å². The van der Waals surface area contributed by atoms with Crippen LogP contribution in [-0.2, 0) is 11.8 Å². The molecule has 0 spiro atoms. The Morgan fingerprint density at radius 1 is 0.950 bits per heavy atom. The molecule has 0 saturated carbocycles. The summed E-state index contributed by atoms with van der Waals surface area (Å²) in [5, 5.41) is 11.3. The van der Waals surface area contributed by atoms with Crippen LogP contribution in [0, 0.1) is 0 Å². The molecule has 0 unspecified atom stereocenters. The lowest BCUT2D eigenvalue weighted by Gasteiger charge is -2.31. The van der Waals surface area contributed by atoms with Crippen LogP contribution in [0.15, 0.2) is 53.0 Å². The van der Waals surface area contributed by atoms with E-state index in [4.69, 9.17) is 0 Å². The number of halogens is 3. The maximum absolute atomic E-state index is 9.64. The molecule has 0 aliphatic heterocycles. The summed E-state index contributed by atoms with van der Waals surface area (Å²) >= 11 is 10.9. The summed E-state index contributed by atoms with van der Waals surface area (Å²) in [6.07, 6.45) is 0.856. The third-order valence-electron chi connectivity index (χ3n) is 3.40. The highest BCUT2D eigenvalue weighted by Gasteiger charge is 2.30. The number of hydrogen-bond donors (Lipinski definition) is 1. The molecular formula is C16H15Br3O. The average Bonchev–Trinajstić information content (AvgIpc) is 2.45. The van der Waals surface area contributed by atoms with E-state index in [1.165, 1.54) is 5.56 Å². The second kappa shape index (κ2) is 7.10. The molecule has 0 fully saturated rings. The van der Waals surface area contributed by atoms with Gasteiger partial charge in [-0.25, -0.2) is 0 Å². The number of rotatable bonds is 5. The van der Waals surface area contributed by atoms with E-state index in [2.05, 4.69) is 72.1 Å². The Labute approximate surface area is 144 Å². The molecular weight excluding hydrogens is 448 g/mol. The van der Waals surface area contributed by atoms with E-state index in [0.717, 1.165) is 27.1 Å². The van der Waals surface area contributed by atoms with Gasteiger partial charge in [0.2, 0.25) is 0 Å². The fourth-order valence-corrected chi connectivity index (χ4v) is 4.63. The summed E-state index contributed by atoms with van der Waals surface area (Å²) in [6, 6.07) is 15.9. The third kappa shape index (κ3) is 3.66. The highest BCUT2D eigenvalue weighted by molar-refractivity contribution is 9.10. The van der Waals surface area contributed by atoms with Gasteiger partial charge in [0.05, 0.1) is 0 Å². The zero-order valence-corrected chi connectivity index (χ0v) is 15.6. The molecule has 0 aliphatic carbocycles. The quantitative estimate of drug-likeness (QED) is 0.588. The molecule has 0 heterocycles. The van der Waals surface area contributed by atoms with Gasteiger partial charge in [-0.2, -0.15) is 0 Å².